The summed E-state index contributed by atoms with van der Waals surface area (Å²) >= 11 is 0. The molecule has 0 amide bonds. The number of imidazole rings is 1. The molecule has 0 unspecified atom stereocenters. The smallest absolute Gasteiger partial charge is 0.294 e. The molecule has 3 nitrogen and oxygen atoms in total. The third-order valence-electron chi connectivity index (χ3n) is 5.03. The third kappa shape index (κ3) is 2.17. The Labute approximate surface area is 151 Å². The van der Waals surface area contributed by atoms with Gasteiger partial charge in [-0.1, -0.05) is 36.4 Å². The van der Waals surface area contributed by atoms with Crippen molar-refractivity contribution in [3.05, 3.63) is 84.7 Å². The van der Waals surface area contributed by atoms with Crippen LogP contribution in [0, 0.1) is 6.92 Å². The summed E-state index contributed by atoms with van der Waals surface area (Å²) in [5.41, 5.74) is 5.42. The molecule has 2 aromatic heterocycles. The number of rotatable bonds is 2. The second-order valence-electron chi connectivity index (χ2n) is 6.70. The molecule has 26 heavy (non-hydrogen) atoms. The van der Waals surface area contributed by atoms with Crippen molar-refractivity contribution in [2.75, 3.05) is 0 Å². The Morgan fingerprint density at radius 1 is 0.846 bits per heavy atom. The van der Waals surface area contributed by atoms with Crippen LogP contribution < -0.4 is 4.57 Å². The maximum atomic E-state index is 6.07. The van der Waals surface area contributed by atoms with Gasteiger partial charge in [0.25, 0.3) is 5.82 Å². The van der Waals surface area contributed by atoms with E-state index >= 15 is 0 Å². The van der Waals surface area contributed by atoms with E-state index in [0.717, 1.165) is 33.5 Å². The molecule has 0 saturated carbocycles. The molecule has 3 heteroatoms. The Morgan fingerprint density at radius 3 is 2.50 bits per heavy atom. The van der Waals surface area contributed by atoms with Crippen LogP contribution in [0.3, 0.4) is 0 Å². The molecule has 0 atom stereocenters. The SMILES string of the molecule is Cc1ccccc1-c1n(-c2ccc3c(c2)oc2ccccc23)cc[n+]1C. The summed E-state index contributed by atoms with van der Waals surface area (Å²) in [7, 11) is 2.08. The molecule has 0 spiro atoms. The van der Waals surface area contributed by atoms with Gasteiger partial charge in [0, 0.05) is 16.8 Å². The quantitative estimate of drug-likeness (QED) is 0.406. The van der Waals surface area contributed by atoms with E-state index in [2.05, 4.69) is 84.0 Å². The summed E-state index contributed by atoms with van der Waals surface area (Å²) in [6, 6.07) is 23.1. The van der Waals surface area contributed by atoms with Gasteiger partial charge in [0.1, 0.15) is 29.2 Å². The molecule has 0 radical (unpaired) electrons. The van der Waals surface area contributed by atoms with Gasteiger partial charge in [-0.15, -0.1) is 0 Å². The van der Waals surface area contributed by atoms with Gasteiger partial charge in [-0.3, -0.25) is 0 Å². The lowest BCUT2D eigenvalue weighted by atomic mass is 10.1. The molecule has 0 fully saturated rings. The average molecular weight is 339 g/mol. The highest BCUT2D eigenvalue weighted by molar-refractivity contribution is 6.05. The van der Waals surface area contributed by atoms with E-state index in [0.29, 0.717) is 0 Å². The van der Waals surface area contributed by atoms with Gasteiger partial charge < -0.3 is 4.42 Å². The molecule has 0 aliphatic carbocycles. The third-order valence-corrected chi connectivity index (χ3v) is 5.03. The molecule has 0 aliphatic heterocycles. The monoisotopic (exact) mass is 339 g/mol. The molecule has 0 saturated heterocycles. The lowest BCUT2D eigenvalue weighted by molar-refractivity contribution is -0.659. The van der Waals surface area contributed by atoms with Crippen LogP contribution in [-0.2, 0) is 7.05 Å². The first-order valence-electron chi connectivity index (χ1n) is 8.77. The molecular weight excluding hydrogens is 320 g/mol. The van der Waals surface area contributed by atoms with Crippen LogP contribution in [-0.4, -0.2) is 4.57 Å². The van der Waals surface area contributed by atoms with Crippen molar-refractivity contribution in [3.8, 4) is 17.1 Å². The molecule has 126 valence electrons. The summed E-state index contributed by atoms with van der Waals surface area (Å²) in [6.07, 6.45) is 4.19. The van der Waals surface area contributed by atoms with Gasteiger partial charge in [-0.25, -0.2) is 4.57 Å². The van der Waals surface area contributed by atoms with Crippen molar-refractivity contribution >= 4 is 21.9 Å². The van der Waals surface area contributed by atoms with Gasteiger partial charge in [0.05, 0.1) is 12.6 Å². The molecule has 5 rings (SSSR count). The highest BCUT2D eigenvalue weighted by Crippen LogP contribution is 2.31. The first-order valence-corrected chi connectivity index (χ1v) is 8.77. The van der Waals surface area contributed by atoms with E-state index in [1.807, 2.05) is 18.2 Å². The highest BCUT2D eigenvalue weighted by Gasteiger charge is 2.21. The molecule has 5 aromatic rings. The van der Waals surface area contributed by atoms with Gasteiger partial charge in [0.2, 0.25) is 0 Å². The second-order valence-corrected chi connectivity index (χ2v) is 6.70. The van der Waals surface area contributed by atoms with Crippen LogP contribution in [0.5, 0.6) is 0 Å². The van der Waals surface area contributed by atoms with Crippen molar-refractivity contribution in [1.29, 1.82) is 0 Å². The fourth-order valence-electron chi connectivity index (χ4n) is 3.69. The molecular formula is C23H19N2O+. The lowest BCUT2D eigenvalue weighted by Crippen LogP contribution is -2.29. The van der Waals surface area contributed by atoms with E-state index in [1.165, 1.54) is 11.1 Å². The second kappa shape index (κ2) is 5.60. The minimum atomic E-state index is 0.913. The molecule has 0 N–H and O–H groups in total. The summed E-state index contributed by atoms with van der Waals surface area (Å²) in [5, 5.41) is 2.31. The number of fused-ring (bicyclic) bond motifs is 3. The number of para-hydroxylation sites is 1. The zero-order valence-electron chi connectivity index (χ0n) is 14.8. The fourth-order valence-corrected chi connectivity index (χ4v) is 3.69. The molecule has 0 aliphatic rings. The van der Waals surface area contributed by atoms with Crippen LogP contribution in [0.1, 0.15) is 5.56 Å². The summed E-state index contributed by atoms with van der Waals surface area (Å²) in [5.74, 6) is 1.15. The number of nitrogens with zero attached hydrogens (tertiary/aromatic N) is 2. The zero-order chi connectivity index (χ0) is 17.7. The van der Waals surface area contributed by atoms with Crippen molar-refractivity contribution < 1.29 is 8.98 Å². The van der Waals surface area contributed by atoms with E-state index in [1.54, 1.807) is 0 Å². The average Bonchev–Trinajstić information content (AvgIpc) is 3.22. The van der Waals surface area contributed by atoms with Crippen LogP contribution in [0.2, 0.25) is 0 Å². The van der Waals surface area contributed by atoms with Crippen LogP contribution in [0.4, 0.5) is 0 Å². The molecule has 0 bridgehead atoms. The van der Waals surface area contributed by atoms with Crippen LogP contribution in [0.25, 0.3) is 39.0 Å². The summed E-state index contributed by atoms with van der Waals surface area (Å²) in [4.78, 5) is 0. The zero-order valence-corrected chi connectivity index (χ0v) is 14.8. The predicted octanol–water partition coefficient (Wildman–Crippen LogP) is 5.18. The van der Waals surface area contributed by atoms with Crippen molar-refractivity contribution in [2.45, 2.75) is 6.92 Å². The first-order chi connectivity index (χ1) is 12.7. The Bertz CT molecular complexity index is 1260. The maximum Gasteiger partial charge on any atom is 0.294 e. The maximum absolute atomic E-state index is 6.07. The fraction of sp³-hybridized carbons (Fsp3) is 0.0870. The number of aryl methyl sites for hydroxylation is 2. The Kier molecular flexibility index (Phi) is 3.22. The molecule has 3 aromatic carbocycles. The van der Waals surface area contributed by atoms with Gasteiger partial charge in [-0.2, -0.15) is 4.57 Å². The topological polar surface area (TPSA) is 21.9 Å². The van der Waals surface area contributed by atoms with Crippen molar-refractivity contribution in [1.82, 2.24) is 4.57 Å². The Morgan fingerprint density at radius 2 is 1.62 bits per heavy atom. The van der Waals surface area contributed by atoms with Gasteiger partial charge in [-0.05, 0) is 36.8 Å². The normalized spacial score (nSPS) is 11.5. The number of aromatic nitrogens is 2. The lowest BCUT2D eigenvalue weighted by Gasteiger charge is -2.05. The Hall–Kier alpha value is -3.33. The van der Waals surface area contributed by atoms with Gasteiger partial charge >= 0.3 is 0 Å². The number of hydrogen-bond donors (Lipinski definition) is 0. The summed E-state index contributed by atoms with van der Waals surface area (Å²) in [6.45, 7) is 2.15. The highest BCUT2D eigenvalue weighted by atomic mass is 16.3. The van der Waals surface area contributed by atoms with E-state index < -0.39 is 0 Å². The van der Waals surface area contributed by atoms with E-state index in [4.69, 9.17) is 4.42 Å². The van der Waals surface area contributed by atoms with E-state index in [9.17, 15) is 0 Å². The Balaban J connectivity index is 1.74. The minimum absolute atomic E-state index is 0.913. The number of furan rings is 1. The number of benzene rings is 3. The van der Waals surface area contributed by atoms with E-state index in [-0.39, 0.29) is 0 Å². The minimum Gasteiger partial charge on any atom is -0.456 e. The standard InChI is InChI=1S/C23H19N2O/c1-16-7-3-4-8-18(16)23-24(2)13-14-25(23)17-11-12-20-19-9-5-6-10-21(19)26-22(20)15-17/h3-15H,1-2H3/q+1. The number of hydrogen-bond acceptors (Lipinski definition) is 1. The molecule has 2 heterocycles. The van der Waals surface area contributed by atoms with Crippen LogP contribution in [0.15, 0.2) is 83.5 Å². The predicted molar refractivity (Wildman–Crippen MR) is 104 cm³/mol. The first kappa shape index (κ1) is 15.0. The van der Waals surface area contributed by atoms with Gasteiger partial charge in [0.15, 0.2) is 0 Å². The van der Waals surface area contributed by atoms with Crippen molar-refractivity contribution in [2.24, 2.45) is 7.05 Å². The largest absolute Gasteiger partial charge is 0.456 e. The summed E-state index contributed by atoms with van der Waals surface area (Å²) < 4.78 is 10.4. The van der Waals surface area contributed by atoms with Crippen LogP contribution >= 0.6 is 0 Å². The van der Waals surface area contributed by atoms with Crippen molar-refractivity contribution in [3.63, 3.8) is 0 Å².